The van der Waals surface area contributed by atoms with Crippen LogP contribution in [0.4, 0.5) is 0 Å². The molecule has 2 saturated heterocycles. The fourth-order valence-electron chi connectivity index (χ4n) is 4.02. The van der Waals surface area contributed by atoms with Crippen molar-refractivity contribution in [3.63, 3.8) is 0 Å². The van der Waals surface area contributed by atoms with Gasteiger partial charge in [0.2, 0.25) is 0 Å². The number of nitrogens with zero attached hydrogens (tertiary/aromatic N) is 2. The minimum absolute atomic E-state index is 0. The van der Waals surface area contributed by atoms with E-state index < -0.39 is 0 Å². The molecule has 0 aliphatic carbocycles. The molecular weight excluding hydrogens is 389 g/mol. The Kier molecular flexibility index (Phi) is 7.08. The van der Waals surface area contributed by atoms with Gasteiger partial charge in [-0.05, 0) is 44.7 Å². The molecule has 4 rings (SSSR count). The third-order valence-electron chi connectivity index (χ3n) is 5.34. The summed E-state index contributed by atoms with van der Waals surface area (Å²) in [4.78, 5) is 19.4. The number of aromatic nitrogens is 1. The van der Waals surface area contributed by atoms with Crippen molar-refractivity contribution in [3.05, 3.63) is 40.2 Å². The minimum Gasteiger partial charge on any atom is -0.339 e. The first-order valence-electron chi connectivity index (χ1n) is 8.66. The lowest BCUT2D eigenvalue weighted by molar-refractivity contribution is 0.0682. The lowest BCUT2D eigenvalue weighted by Crippen LogP contribution is -2.48. The normalized spacial score (nSPS) is 23.7. The number of rotatable bonds is 3. The van der Waals surface area contributed by atoms with E-state index in [9.17, 15) is 4.79 Å². The maximum absolute atomic E-state index is 13.0. The first-order valence-corrected chi connectivity index (χ1v) is 9.54. The van der Waals surface area contributed by atoms with E-state index >= 15 is 0 Å². The molecule has 1 N–H and O–H groups in total. The van der Waals surface area contributed by atoms with Gasteiger partial charge in [0, 0.05) is 41.7 Å². The van der Waals surface area contributed by atoms with Crippen molar-refractivity contribution < 1.29 is 4.79 Å². The van der Waals surface area contributed by atoms with Gasteiger partial charge >= 0.3 is 0 Å². The van der Waals surface area contributed by atoms with E-state index in [0.717, 1.165) is 34.7 Å². The summed E-state index contributed by atoms with van der Waals surface area (Å²) >= 11 is 1.64. The van der Waals surface area contributed by atoms with Gasteiger partial charge in [-0.2, -0.15) is 0 Å². The zero-order chi connectivity index (χ0) is 16.7. The SMILES string of the molecule is Cc1nc(-c2cccc(C(=O)N(C)C3CC4CCC(C3)N4)c2)cs1.Cl.Cl. The number of piperidine rings is 1. The largest absolute Gasteiger partial charge is 0.339 e. The van der Waals surface area contributed by atoms with E-state index in [2.05, 4.69) is 10.3 Å². The number of carbonyl (C=O) groups is 1. The molecule has 2 aromatic rings. The molecule has 0 spiro atoms. The van der Waals surface area contributed by atoms with Crippen molar-refractivity contribution in [1.29, 1.82) is 0 Å². The standard InChI is InChI=1S/C19H23N3OS.2ClH/c1-12-20-18(11-24-12)13-4-3-5-14(8-13)19(23)22(2)17-9-15-6-7-16(10-17)21-15;;/h3-5,8,11,15-17,21H,6-7,9-10H2,1-2H3;2*1H. The van der Waals surface area contributed by atoms with Crippen LogP contribution in [-0.4, -0.2) is 41.0 Å². The van der Waals surface area contributed by atoms with Gasteiger partial charge in [-0.1, -0.05) is 12.1 Å². The van der Waals surface area contributed by atoms with Crippen molar-refractivity contribution in [2.45, 2.75) is 50.7 Å². The average Bonchev–Trinajstić information content (AvgIpc) is 3.18. The van der Waals surface area contributed by atoms with Gasteiger partial charge in [-0.25, -0.2) is 4.98 Å². The van der Waals surface area contributed by atoms with Crippen molar-refractivity contribution in [2.75, 3.05) is 7.05 Å². The van der Waals surface area contributed by atoms with Crippen LogP contribution in [-0.2, 0) is 0 Å². The molecule has 2 aliphatic heterocycles. The first-order chi connectivity index (χ1) is 11.6. The Bertz CT molecular complexity index is 755. The number of aryl methyl sites for hydroxylation is 1. The molecule has 26 heavy (non-hydrogen) atoms. The molecule has 2 aliphatic rings. The maximum atomic E-state index is 13.0. The van der Waals surface area contributed by atoms with Gasteiger partial charge in [0.25, 0.3) is 5.91 Å². The second-order valence-corrected chi connectivity index (χ2v) is 8.07. The molecule has 1 aromatic carbocycles. The Morgan fingerprint density at radius 3 is 2.54 bits per heavy atom. The number of halogens is 2. The van der Waals surface area contributed by atoms with Gasteiger partial charge in [0.05, 0.1) is 10.7 Å². The number of hydrogen-bond donors (Lipinski definition) is 1. The van der Waals surface area contributed by atoms with E-state index in [0.29, 0.717) is 18.1 Å². The second kappa shape index (κ2) is 8.70. The van der Waals surface area contributed by atoms with Crippen LogP contribution in [0.2, 0.25) is 0 Å². The average molecular weight is 414 g/mol. The van der Waals surface area contributed by atoms with Crippen LogP contribution in [0.1, 0.15) is 41.0 Å². The number of carbonyl (C=O) groups excluding carboxylic acids is 1. The quantitative estimate of drug-likeness (QED) is 0.814. The highest BCUT2D eigenvalue weighted by atomic mass is 35.5. The Labute approximate surface area is 171 Å². The van der Waals surface area contributed by atoms with Crippen LogP contribution in [0.25, 0.3) is 11.3 Å². The Hall–Kier alpha value is -1.14. The number of thiazole rings is 1. The summed E-state index contributed by atoms with van der Waals surface area (Å²) in [7, 11) is 1.96. The topological polar surface area (TPSA) is 45.2 Å². The number of hydrogen-bond acceptors (Lipinski definition) is 4. The highest BCUT2D eigenvalue weighted by Gasteiger charge is 2.36. The van der Waals surface area contributed by atoms with Gasteiger partial charge in [0.1, 0.15) is 0 Å². The summed E-state index contributed by atoms with van der Waals surface area (Å²) < 4.78 is 0. The molecular formula is C19H25Cl2N3OS. The molecule has 4 nitrogen and oxygen atoms in total. The van der Waals surface area contributed by atoms with Crippen molar-refractivity contribution in [1.82, 2.24) is 15.2 Å². The van der Waals surface area contributed by atoms with Crippen LogP contribution in [0.3, 0.4) is 0 Å². The van der Waals surface area contributed by atoms with Crippen LogP contribution < -0.4 is 5.32 Å². The Morgan fingerprint density at radius 2 is 1.92 bits per heavy atom. The highest BCUT2D eigenvalue weighted by molar-refractivity contribution is 7.09. The summed E-state index contributed by atoms with van der Waals surface area (Å²) in [5.74, 6) is 0.120. The third-order valence-corrected chi connectivity index (χ3v) is 6.11. The highest BCUT2D eigenvalue weighted by Crippen LogP contribution is 2.30. The smallest absolute Gasteiger partial charge is 0.253 e. The van der Waals surface area contributed by atoms with Crippen molar-refractivity contribution in [2.24, 2.45) is 0 Å². The molecule has 0 radical (unpaired) electrons. The van der Waals surface area contributed by atoms with Crippen LogP contribution in [0.5, 0.6) is 0 Å². The minimum atomic E-state index is 0. The van der Waals surface area contributed by atoms with Gasteiger partial charge in [-0.3, -0.25) is 4.79 Å². The summed E-state index contributed by atoms with van der Waals surface area (Å²) in [6.45, 7) is 2.00. The molecule has 2 unspecified atom stereocenters. The van der Waals surface area contributed by atoms with Gasteiger partial charge < -0.3 is 10.2 Å². The van der Waals surface area contributed by atoms with Crippen LogP contribution in [0, 0.1) is 6.92 Å². The molecule has 2 atom stereocenters. The number of nitrogens with one attached hydrogen (secondary N) is 1. The molecule has 1 aromatic heterocycles. The predicted octanol–water partition coefficient (Wildman–Crippen LogP) is 4.32. The molecule has 2 fully saturated rings. The van der Waals surface area contributed by atoms with E-state index in [1.54, 1.807) is 11.3 Å². The van der Waals surface area contributed by atoms with E-state index in [-0.39, 0.29) is 30.7 Å². The lowest BCUT2D eigenvalue weighted by atomic mass is 9.97. The van der Waals surface area contributed by atoms with E-state index in [1.807, 2.05) is 48.5 Å². The monoisotopic (exact) mass is 413 g/mol. The van der Waals surface area contributed by atoms with Crippen LogP contribution >= 0.6 is 36.2 Å². The molecule has 7 heteroatoms. The Morgan fingerprint density at radius 1 is 1.23 bits per heavy atom. The first kappa shape index (κ1) is 21.2. The summed E-state index contributed by atoms with van der Waals surface area (Å²) in [6, 6.07) is 9.40. The van der Waals surface area contributed by atoms with Gasteiger partial charge in [0.15, 0.2) is 0 Å². The molecule has 0 saturated carbocycles. The van der Waals surface area contributed by atoms with Crippen molar-refractivity contribution in [3.8, 4) is 11.3 Å². The number of benzene rings is 1. The Balaban J connectivity index is 0.00000121. The summed E-state index contributed by atoms with van der Waals surface area (Å²) in [6.07, 6.45) is 4.65. The zero-order valence-corrected chi connectivity index (χ0v) is 17.4. The lowest BCUT2D eigenvalue weighted by Gasteiger charge is -2.35. The molecule has 142 valence electrons. The third kappa shape index (κ3) is 4.22. The second-order valence-electron chi connectivity index (χ2n) is 7.01. The maximum Gasteiger partial charge on any atom is 0.253 e. The summed E-state index contributed by atoms with van der Waals surface area (Å²) in [5, 5.41) is 6.74. The number of fused-ring (bicyclic) bond motifs is 2. The fourth-order valence-corrected chi connectivity index (χ4v) is 4.64. The predicted molar refractivity (Wildman–Crippen MR) is 112 cm³/mol. The van der Waals surface area contributed by atoms with Crippen molar-refractivity contribution >= 4 is 42.1 Å². The fraction of sp³-hybridized carbons (Fsp3) is 0.474. The van der Waals surface area contributed by atoms with Crippen LogP contribution in [0.15, 0.2) is 29.6 Å². The molecule has 1 amide bonds. The van der Waals surface area contributed by atoms with E-state index in [1.165, 1.54) is 12.8 Å². The molecule has 3 heterocycles. The number of amides is 1. The van der Waals surface area contributed by atoms with Gasteiger partial charge in [-0.15, -0.1) is 36.2 Å². The molecule has 2 bridgehead atoms. The summed E-state index contributed by atoms with van der Waals surface area (Å²) in [5.41, 5.74) is 2.73. The van der Waals surface area contributed by atoms with E-state index in [4.69, 9.17) is 0 Å². The zero-order valence-electron chi connectivity index (χ0n) is 15.0.